The Morgan fingerprint density at radius 1 is 1.00 bits per heavy atom. The molecule has 0 bridgehead atoms. The standard InChI is InChI=1S/C29H29N3O6/c1-31(37-2)28(35)21-10-8-20(9-11-21)26(33)24-25(19-6-4-3-5-7-19)32(29(36)27(24)34)22-14-12-18(13-15-22)23-16-17-38-30-23/h8-17,19,25,34H,3-7H2,1-2H3. The lowest BCUT2D eigenvalue weighted by Crippen LogP contribution is -2.42. The molecule has 0 spiro atoms. The van der Waals surface area contributed by atoms with E-state index in [0.29, 0.717) is 22.5 Å². The third kappa shape index (κ3) is 4.61. The number of rotatable bonds is 7. The van der Waals surface area contributed by atoms with E-state index in [9.17, 15) is 19.5 Å². The van der Waals surface area contributed by atoms with Gasteiger partial charge in [0.25, 0.3) is 11.8 Å². The lowest BCUT2D eigenvalue weighted by Gasteiger charge is -2.35. The summed E-state index contributed by atoms with van der Waals surface area (Å²) in [4.78, 5) is 46.1. The van der Waals surface area contributed by atoms with Crippen molar-refractivity contribution in [3.8, 4) is 11.3 Å². The summed E-state index contributed by atoms with van der Waals surface area (Å²) in [5.41, 5.74) is 2.84. The average molecular weight is 516 g/mol. The molecule has 2 heterocycles. The lowest BCUT2D eigenvalue weighted by atomic mass is 9.79. The number of carbonyl (C=O) groups excluding carboxylic acids is 3. The van der Waals surface area contributed by atoms with Gasteiger partial charge in [0.1, 0.15) is 12.0 Å². The zero-order chi connectivity index (χ0) is 26.8. The van der Waals surface area contributed by atoms with Crippen LogP contribution >= 0.6 is 0 Å². The summed E-state index contributed by atoms with van der Waals surface area (Å²) in [6.07, 6.45) is 6.30. The number of nitrogens with zero attached hydrogens (tertiary/aromatic N) is 3. The van der Waals surface area contributed by atoms with Gasteiger partial charge in [-0.3, -0.25) is 24.1 Å². The van der Waals surface area contributed by atoms with Gasteiger partial charge in [0.2, 0.25) is 0 Å². The Morgan fingerprint density at radius 3 is 2.26 bits per heavy atom. The Bertz CT molecular complexity index is 1360. The molecule has 1 N–H and O–H groups in total. The number of benzene rings is 2. The summed E-state index contributed by atoms with van der Waals surface area (Å²) in [6.45, 7) is 0. The van der Waals surface area contributed by atoms with E-state index in [1.165, 1.54) is 44.7 Å². The van der Waals surface area contributed by atoms with E-state index < -0.39 is 23.5 Å². The summed E-state index contributed by atoms with van der Waals surface area (Å²) in [5.74, 6) is -1.86. The molecule has 1 aromatic heterocycles. The molecule has 0 saturated heterocycles. The van der Waals surface area contributed by atoms with Crippen molar-refractivity contribution in [1.29, 1.82) is 0 Å². The smallest absolute Gasteiger partial charge is 0.294 e. The zero-order valence-electron chi connectivity index (χ0n) is 21.3. The Balaban J connectivity index is 1.49. The Kier molecular flexibility index (Phi) is 7.11. The number of Topliss-reactive ketones (excluding diaryl/α,β-unsaturated/α-hetero) is 1. The number of amides is 2. The van der Waals surface area contributed by atoms with Gasteiger partial charge < -0.3 is 9.63 Å². The van der Waals surface area contributed by atoms with E-state index in [1.807, 2.05) is 12.1 Å². The number of anilines is 1. The van der Waals surface area contributed by atoms with Crippen LogP contribution in [0, 0.1) is 5.92 Å². The molecule has 38 heavy (non-hydrogen) atoms. The van der Waals surface area contributed by atoms with Crippen LogP contribution in [0.4, 0.5) is 5.69 Å². The first-order chi connectivity index (χ1) is 18.4. The molecule has 1 atom stereocenters. The normalized spacial score (nSPS) is 18.2. The van der Waals surface area contributed by atoms with E-state index in [-0.39, 0.29) is 17.4 Å². The Hall–Kier alpha value is -4.24. The predicted octanol–water partition coefficient (Wildman–Crippen LogP) is 4.97. The van der Waals surface area contributed by atoms with Crippen LogP contribution < -0.4 is 4.90 Å². The number of ketones is 1. The third-order valence-electron chi connectivity index (χ3n) is 7.42. The third-order valence-corrected chi connectivity index (χ3v) is 7.42. The molecule has 5 rings (SSSR count). The highest BCUT2D eigenvalue weighted by Gasteiger charge is 2.47. The molecule has 0 radical (unpaired) electrons. The molecule has 1 saturated carbocycles. The topological polar surface area (TPSA) is 113 Å². The minimum Gasteiger partial charge on any atom is -0.503 e. The van der Waals surface area contributed by atoms with Crippen LogP contribution in [0.25, 0.3) is 11.3 Å². The van der Waals surface area contributed by atoms with Gasteiger partial charge in [0.15, 0.2) is 11.5 Å². The van der Waals surface area contributed by atoms with Gasteiger partial charge in [0.05, 0.1) is 18.7 Å². The number of aliphatic hydroxyl groups is 1. The van der Waals surface area contributed by atoms with E-state index in [4.69, 9.17) is 9.36 Å². The van der Waals surface area contributed by atoms with Crippen LogP contribution in [0.3, 0.4) is 0 Å². The number of carbonyl (C=O) groups is 3. The zero-order valence-corrected chi connectivity index (χ0v) is 21.3. The molecular formula is C29H29N3O6. The second-order valence-electron chi connectivity index (χ2n) is 9.60. The summed E-state index contributed by atoms with van der Waals surface area (Å²) >= 11 is 0. The van der Waals surface area contributed by atoms with Gasteiger partial charge in [-0.2, -0.15) is 0 Å². The molecule has 2 aromatic carbocycles. The highest BCUT2D eigenvalue weighted by Crippen LogP contribution is 2.41. The molecule has 1 fully saturated rings. The van der Waals surface area contributed by atoms with Crippen molar-refractivity contribution in [2.75, 3.05) is 19.1 Å². The molecule has 9 nitrogen and oxygen atoms in total. The van der Waals surface area contributed by atoms with Gasteiger partial charge in [-0.25, -0.2) is 5.06 Å². The largest absolute Gasteiger partial charge is 0.503 e. The maximum atomic E-state index is 13.8. The number of hydrogen-bond donors (Lipinski definition) is 1. The maximum absolute atomic E-state index is 13.8. The van der Waals surface area contributed by atoms with Crippen molar-refractivity contribution < 1.29 is 28.9 Å². The quantitative estimate of drug-likeness (QED) is 0.349. The van der Waals surface area contributed by atoms with Crippen molar-refractivity contribution in [3.05, 3.63) is 83.3 Å². The first-order valence-corrected chi connectivity index (χ1v) is 12.6. The van der Waals surface area contributed by atoms with E-state index >= 15 is 0 Å². The molecule has 3 aromatic rings. The van der Waals surface area contributed by atoms with Crippen LogP contribution in [-0.2, 0) is 9.63 Å². The minimum absolute atomic E-state index is 0.0303. The van der Waals surface area contributed by atoms with E-state index in [0.717, 1.165) is 42.7 Å². The van der Waals surface area contributed by atoms with Crippen LogP contribution in [0.5, 0.6) is 0 Å². The molecule has 2 amide bonds. The number of aromatic nitrogens is 1. The maximum Gasteiger partial charge on any atom is 0.294 e. The number of aliphatic hydroxyl groups excluding tert-OH is 1. The van der Waals surface area contributed by atoms with Crippen LogP contribution in [-0.4, -0.2) is 53.1 Å². The fraction of sp³-hybridized carbons (Fsp3) is 0.310. The van der Waals surface area contributed by atoms with Crippen LogP contribution in [0.15, 0.2) is 76.7 Å². The lowest BCUT2D eigenvalue weighted by molar-refractivity contribution is -0.117. The fourth-order valence-electron chi connectivity index (χ4n) is 5.38. The summed E-state index contributed by atoms with van der Waals surface area (Å²) in [6, 6.07) is 14.6. The van der Waals surface area contributed by atoms with Crippen molar-refractivity contribution in [2.24, 2.45) is 5.92 Å². The van der Waals surface area contributed by atoms with Gasteiger partial charge in [-0.1, -0.05) is 48.7 Å². The average Bonchev–Trinajstić information content (AvgIpc) is 3.59. The second kappa shape index (κ2) is 10.6. The molecule has 1 aliphatic carbocycles. The Morgan fingerprint density at radius 2 is 1.66 bits per heavy atom. The Labute approximate surface area is 220 Å². The first-order valence-electron chi connectivity index (χ1n) is 12.6. The van der Waals surface area contributed by atoms with Crippen molar-refractivity contribution in [2.45, 2.75) is 38.1 Å². The monoisotopic (exact) mass is 515 g/mol. The molecule has 1 unspecified atom stereocenters. The van der Waals surface area contributed by atoms with Gasteiger partial charge >= 0.3 is 0 Å². The molecule has 196 valence electrons. The molecule has 2 aliphatic rings. The molecular weight excluding hydrogens is 486 g/mol. The fourth-order valence-corrected chi connectivity index (χ4v) is 5.38. The van der Waals surface area contributed by atoms with Crippen molar-refractivity contribution in [1.82, 2.24) is 10.2 Å². The minimum atomic E-state index is -0.591. The van der Waals surface area contributed by atoms with Crippen molar-refractivity contribution >= 4 is 23.3 Å². The van der Waals surface area contributed by atoms with Crippen LogP contribution in [0.2, 0.25) is 0 Å². The van der Waals surface area contributed by atoms with Crippen molar-refractivity contribution in [3.63, 3.8) is 0 Å². The highest BCUT2D eigenvalue weighted by atomic mass is 16.7. The van der Waals surface area contributed by atoms with Gasteiger partial charge in [-0.05, 0) is 43.0 Å². The number of hydroxylamine groups is 2. The summed E-state index contributed by atoms with van der Waals surface area (Å²) in [7, 11) is 2.89. The second-order valence-corrected chi connectivity index (χ2v) is 9.60. The molecule has 1 aliphatic heterocycles. The van der Waals surface area contributed by atoms with Gasteiger partial charge in [-0.15, -0.1) is 0 Å². The summed E-state index contributed by atoms with van der Waals surface area (Å²) in [5, 5.41) is 16.1. The highest BCUT2D eigenvalue weighted by molar-refractivity contribution is 6.21. The van der Waals surface area contributed by atoms with E-state index in [2.05, 4.69) is 5.16 Å². The number of hydrogen-bond acceptors (Lipinski definition) is 7. The van der Waals surface area contributed by atoms with Crippen LogP contribution in [0.1, 0.15) is 52.8 Å². The summed E-state index contributed by atoms with van der Waals surface area (Å²) < 4.78 is 4.93. The van der Waals surface area contributed by atoms with Gasteiger partial charge in [0, 0.05) is 35.5 Å². The molecule has 9 heteroatoms. The SMILES string of the molecule is CON(C)C(=O)c1ccc(C(=O)C2=C(O)C(=O)N(c3ccc(-c4ccon4)cc3)C2C2CCCCC2)cc1. The predicted molar refractivity (Wildman–Crippen MR) is 139 cm³/mol. The first kappa shape index (κ1) is 25.4. The van der Waals surface area contributed by atoms with E-state index in [1.54, 1.807) is 23.1 Å².